The number of thiophene rings is 1. The monoisotopic (exact) mass is 305 g/mol. The number of hydrogen-bond acceptors (Lipinski definition) is 5. The van der Waals surface area contributed by atoms with Crippen LogP contribution in [0, 0.1) is 6.92 Å². The third-order valence-corrected chi connectivity index (χ3v) is 6.24. The normalized spacial score (nSPS) is 24.5. The molecule has 2 rings (SSSR count). The molecule has 1 N–H and O–H groups in total. The average Bonchev–Trinajstić information content (AvgIpc) is 2.74. The van der Waals surface area contributed by atoms with Crippen molar-refractivity contribution in [2.45, 2.75) is 36.7 Å². The van der Waals surface area contributed by atoms with Crippen molar-refractivity contribution >= 4 is 21.4 Å². The van der Waals surface area contributed by atoms with E-state index in [2.05, 4.69) is 0 Å². The summed E-state index contributed by atoms with van der Waals surface area (Å²) >= 11 is 1.26. The number of sulfonamides is 1. The molecule has 2 heterocycles. The minimum Gasteiger partial charge on any atom is -0.394 e. The van der Waals surface area contributed by atoms with Gasteiger partial charge >= 0.3 is 0 Å². The fourth-order valence-corrected chi connectivity index (χ4v) is 5.26. The first-order valence-corrected chi connectivity index (χ1v) is 8.35. The van der Waals surface area contributed by atoms with Crippen LogP contribution in [0.25, 0.3) is 0 Å². The molecule has 1 saturated heterocycles. The molecule has 108 valence electrons. The molecule has 7 heteroatoms. The van der Waals surface area contributed by atoms with Gasteiger partial charge < -0.3 is 9.84 Å². The van der Waals surface area contributed by atoms with Crippen molar-refractivity contribution < 1.29 is 18.3 Å². The van der Waals surface area contributed by atoms with Gasteiger partial charge in [-0.25, -0.2) is 8.42 Å². The smallest absolute Gasteiger partial charge is 0.252 e. The molecule has 1 unspecified atom stereocenters. The van der Waals surface area contributed by atoms with E-state index in [9.17, 15) is 13.5 Å². The zero-order valence-corrected chi connectivity index (χ0v) is 12.9. The molecule has 1 aromatic rings. The highest BCUT2D eigenvalue weighted by atomic mass is 32.2. The average molecular weight is 305 g/mol. The van der Waals surface area contributed by atoms with E-state index in [0.29, 0.717) is 10.8 Å². The van der Waals surface area contributed by atoms with Gasteiger partial charge in [0.25, 0.3) is 10.0 Å². The molecule has 5 nitrogen and oxygen atoms in total. The molecule has 0 spiro atoms. The number of rotatable bonds is 3. The third kappa shape index (κ3) is 3.17. The first-order chi connectivity index (χ1) is 8.74. The van der Waals surface area contributed by atoms with Crippen LogP contribution in [-0.4, -0.2) is 49.2 Å². The van der Waals surface area contributed by atoms with Crippen molar-refractivity contribution in [2.24, 2.45) is 0 Å². The van der Waals surface area contributed by atoms with Crippen LogP contribution < -0.4 is 0 Å². The fraction of sp³-hybridized carbons (Fsp3) is 0.667. The zero-order valence-electron chi connectivity index (χ0n) is 11.3. The first-order valence-electron chi connectivity index (χ1n) is 6.10. The quantitative estimate of drug-likeness (QED) is 0.912. The summed E-state index contributed by atoms with van der Waals surface area (Å²) in [5.74, 6) is 0. The zero-order chi connectivity index (χ0) is 14.3. The SMILES string of the molecule is Cc1ccc(S(=O)(=O)N2CC(CO)OC(C)(C)C2)s1. The van der Waals surface area contributed by atoms with Gasteiger partial charge in [-0.05, 0) is 32.9 Å². The summed E-state index contributed by atoms with van der Waals surface area (Å²) in [4.78, 5) is 0.963. The maximum absolute atomic E-state index is 12.5. The highest BCUT2D eigenvalue weighted by molar-refractivity contribution is 7.91. The lowest BCUT2D eigenvalue weighted by Gasteiger charge is -2.41. The van der Waals surface area contributed by atoms with Crippen molar-refractivity contribution in [3.63, 3.8) is 0 Å². The van der Waals surface area contributed by atoms with E-state index in [4.69, 9.17) is 4.74 Å². The minimum atomic E-state index is -3.49. The highest BCUT2D eigenvalue weighted by Crippen LogP contribution is 2.29. The summed E-state index contributed by atoms with van der Waals surface area (Å²) in [6.07, 6.45) is -0.473. The fourth-order valence-electron chi connectivity index (χ4n) is 2.20. The van der Waals surface area contributed by atoms with Gasteiger partial charge in [-0.2, -0.15) is 4.31 Å². The number of morpholine rings is 1. The second-order valence-corrected chi connectivity index (χ2v) is 8.80. The van der Waals surface area contributed by atoms with Crippen molar-refractivity contribution in [1.29, 1.82) is 0 Å². The largest absolute Gasteiger partial charge is 0.394 e. The molecular formula is C12H19NO4S2. The Kier molecular flexibility index (Phi) is 4.04. The van der Waals surface area contributed by atoms with E-state index in [1.807, 2.05) is 20.8 Å². The Hall–Kier alpha value is -0.470. The van der Waals surface area contributed by atoms with Crippen molar-refractivity contribution in [3.05, 3.63) is 17.0 Å². The number of aliphatic hydroxyl groups excluding tert-OH is 1. The molecule has 0 aliphatic carbocycles. The van der Waals surface area contributed by atoms with Crippen LogP contribution in [0.2, 0.25) is 0 Å². The summed E-state index contributed by atoms with van der Waals surface area (Å²) < 4.78 is 32.5. The van der Waals surface area contributed by atoms with Crippen LogP contribution in [0.4, 0.5) is 0 Å². The van der Waals surface area contributed by atoms with Crippen LogP contribution in [0.5, 0.6) is 0 Å². The summed E-state index contributed by atoms with van der Waals surface area (Å²) in [6, 6.07) is 3.43. The van der Waals surface area contributed by atoms with E-state index in [-0.39, 0.29) is 13.2 Å². The number of ether oxygens (including phenoxy) is 1. The molecule has 1 atom stereocenters. The van der Waals surface area contributed by atoms with Gasteiger partial charge in [0, 0.05) is 18.0 Å². The molecule has 0 aromatic carbocycles. The Labute approximate surface area is 117 Å². The predicted molar refractivity (Wildman–Crippen MR) is 73.9 cm³/mol. The van der Waals surface area contributed by atoms with Gasteiger partial charge in [-0.1, -0.05) is 0 Å². The van der Waals surface area contributed by atoms with E-state index in [1.54, 1.807) is 12.1 Å². The van der Waals surface area contributed by atoms with Gasteiger partial charge in [0.05, 0.1) is 18.3 Å². The molecule has 0 radical (unpaired) electrons. The summed E-state index contributed by atoms with van der Waals surface area (Å²) in [7, 11) is -3.49. The minimum absolute atomic E-state index is 0.182. The number of aryl methyl sites for hydroxylation is 1. The Balaban J connectivity index is 2.29. The van der Waals surface area contributed by atoms with Gasteiger partial charge in [-0.3, -0.25) is 0 Å². The Morgan fingerprint density at radius 2 is 2.21 bits per heavy atom. The number of aliphatic hydroxyl groups is 1. The van der Waals surface area contributed by atoms with E-state index < -0.39 is 21.7 Å². The molecule has 0 bridgehead atoms. The van der Waals surface area contributed by atoms with Crippen LogP contribution in [0.3, 0.4) is 0 Å². The lowest BCUT2D eigenvalue weighted by molar-refractivity contribution is -0.131. The van der Waals surface area contributed by atoms with Gasteiger partial charge in [0.2, 0.25) is 0 Å². The molecule has 0 saturated carbocycles. The highest BCUT2D eigenvalue weighted by Gasteiger charge is 2.39. The van der Waals surface area contributed by atoms with Gasteiger partial charge in [-0.15, -0.1) is 11.3 Å². The number of nitrogens with zero attached hydrogens (tertiary/aromatic N) is 1. The molecule has 1 aliphatic heterocycles. The second-order valence-electron chi connectivity index (χ2n) is 5.34. The predicted octanol–water partition coefficient (Wildman–Crippen LogP) is 1.22. The Bertz CT molecular complexity index is 550. The molecule has 1 fully saturated rings. The lowest BCUT2D eigenvalue weighted by Crippen LogP contribution is -2.55. The van der Waals surface area contributed by atoms with Gasteiger partial charge in [0.15, 0.2) is 0 Å². The Morgan fingerprint density at radius 3 is 2.74 bits per heavy atom. The van der Waals surface area contributed by atoms with Crippen LogP contribution in [0.15, 0.2) is 16.3 Å². The molecule has 0 amide bonds. The molecule has 1 aliphatic rings. The Morgan fingerprint density at radius 1 is 1.53 bits per heavy atom. The molecule has 1 aromatic heterocycles. The maximum Gasteiger partial charge on any atom is 0.252 e. The van der Waals surface area contributed by atoms with Crippen molar-refractivity contribution in [1.82, 2.24) is 4.31 Å². The van der Waals surface area contributed by atoms with E-state index >= 15 is 0 Å². The lowest BCUT2D eigenvalue weighted by atomic mass is 10.1. The van der Waals surface area contributed by atoms with E-state index in [1.165, 1.54) is 15.6 Å². The van der Waals surface area contributed by atoms with Crippen LogP contribution in [0.1, 0.15) is 18.7 Å². The number of hydrogen-bond donors (Lipinski definition) is 1. The summed E-state index contributed by atoms with van der Waals surface area (Å²) in [5.41, 5.74) is -0.592. The maximum atomic E-state index is 12.5. The van der Waals surface area contributed by atoms with E-state index in [0.717, 1.165) is 4.88 Å². The van der Waals surface area contributed by atoms with Crippen molar-refractivity contribution in [2.75, 3.05) is 19.7 Å². The summed E-state index contributed by atoms with van der Waals surface area (Å²) in [6.45, 7) is 5.85. The molecule has 19 heavy (non-hydrogen) atoms. The first kappa shape index (κ1) is 14.9. The van der Waals surface area contributed by atoms with Crippen molar-refractivity contribution in [3.8, 4) is 0 Å². The standard InChI is InChI=1S/C12H19NO4S2/c1-9-4-5-11(18-9)19(15,16)13-6-10(7-14)17-12(2,3)8-13/h4-5,10,14H,6-8H2,1-3H3. The van der Waals surface area contributed by atoms with Gasteiger partial charge in [0.1, 0.15) is 4.21 Å². The summed E-state index contributed by atoms with van der Waals surface area (Å²) in [5, 5.41) is 9.24. The third-order valence-electron chi connectivity index (χ3n) is 2.96. The van der Waals surface area contributed by atoms with Crippen LogP contribution in [-0.2, 0) is 14.8 Å². The second kappa shape index (κ2) is 5.14. The van der Waals surface area contributed by atoms with Crippen LogP contribution >= 0.6 is 11.3 Å². The molecular weight excluding hydrogens is 286 g/mol. The topological polar surface area (TPSA) is 66.8 Å².